The minimum absolute atomic E-state index is 0.141. The summed E-state index contributed by atoms with van der Waals surface area (Å²) in [6.07, 6.45) is 4.26. The van der Waals surface area contributed by atoms with Crippen LogP contribution in [0.25, 0.3) is 11.5 Å². The van der Waals surface area contributed by atoms with Crippen LogP contribution in [0.2, 0.25) is 5.02 Å². The number of nitrogens with zero attached hydrogens (tertiary/aromatic N) is 2. The van der Waals surface area contributed by atoms with Crippen molar-refractivity contribution in [3.63, 3.8) is 0 Å². The molecule has 6 heteroatoms. The molecule has 1 aliphatic carbocycles. The van der Waals surface area contributed by atoms with Crippen molar-refractivity contribution in [2.45, 2.75) is 37.8 Å². The SMILES string of the molecule is OCC1(NCc2nnc(-c3cccc(Cl)c3)o2)CCCC1. The van der Waals surface area contributed by atoms with E-state index in [0.717, 1.165) is 31.2 Å². The molecule has 0 bridgehead atoms. The standard InChI is InChI=1S/C15H18ClN3O2/c16-12-5-3-4-11(8-12)14-19-18-13(21-14)9-17-15(10-20)6-1-2-7-15/h3-5,8,17,20H,1-2,6-7,9-10H2. The van der Waals surface area contributed by atoms with Crippen molar-refractivity contribution in [3.05, 3.63) is 35.2 Å². The van der Waals surface area contributed by atoms with E-state index in [1.54, 1.807) is 12.1 Å². The number of nitrogens with one attached hydrogen (secondary N) is 1. The Labute approximate surface area is 128 Å². The number of aliphatic hydroxyl groups excluding tert-OH is 1. The number of rotatable bonds is 5. The van der Waals surface area contributed by atoms with Gasteiger partial charge >= 0.3 is 0 Å². The van der Waals surface area contributed by atoms with Crippen LogP contribution >= 0.6 is 11.6 Å². The van der Waals surface area contributed by atoms with Gasteiger partial charge in [-0.05, 0) is 31.0 Å². The molecule has 1 aromatic heterocycles. The molecule has 1 aliphatic rings. The largest absolute Gasteiger partial charge is 0.419 e. The molecule has 2 aromatic rings. The third kappa shape index (κ3) is 3.26. The second-order valence-electron chi connectivity index (χ2n) is 5.51. The number of aromatic nitrogens is 2. The van der Waals surface area contributed by atoms with Gasteiger partial charge in [-0.15, -0.1) is 10.2 Å². The zero-order valence-electron chi connectivity index (χ0n) is 11.7. The number of aliphatic hydroxyl groups is 1. The average Bonchev–Trinajstić information content (AvgIpc) is 3.15. The maximum Gasteiger partial charge on any atom is 0.247 e. The van der Waals surface area contributed by atoms with Crippen molar-refractivity contribution in [2.24, 2.45) is 0 Å². The summed E-state index contributed by atoms with van der Waals surface area (Å²) >= 11 is 5.96. The molecule has 5 nitrogen and oxygen atoms in total. The lowest BCUT2D eigenvalue weighted by Gasteiger charge is -2.27. The fraction of sp³-hybridized carbons (Fsp3) is 0.467. The monoisotopic (exact) mass is 307 g/mol. The second kappa shape index (κ2) is 6.13. The molecule has 1 heterocycles. The van der Waals surface area contributed by atoms with Gasteiger partial charge in [-0.2, -0.15) is 0 Å². The summed E-state index contributed by atoms with van der Waals surface area (Å²) in [6, 6.07) is 7.31. The summed E-state index contributed by atoms with van der Waals surface area (Å²) < 4.78 is 5.65. The highest BCUT2D eigenvalue weighted by Gasteiger charge is 2.32. The van der Waals surface area contributed by atoms with Crippen molar-refractivity contribution in [3.8, 4) is 11.5 Å². The predicted octanol–water partition coefficient (Wildman–Crippen LogP) is 2.78. The minimum atomic E-state index is -0.190. The van der Waals surface area contributed by atoms with E-state index in [4.69, 9.17) is 16.0 Å². The van der Waals surface area contributed by atoms with E-state index in [2.05, 4.69) is 15.5 Å². The van der Waals surface area contributed by atoms with E-state index in [9.17, 15) is 5.11 Å². The van der Waals surface area contributed by atoms with Crippen molar-refractivity contribution < 1.29 is 9.52 Å². The van der Waals surface area contributed by atoms with E-state index in [0.29, 0.717) is 23.3 Å². The topological polar surface area (TPSA) is 71.2 Å². The van der Waals surface area contributed by atoms with Crippen molar-refractivity contribution in [1.29, 1.82) is 0 Å². The van der Waals surface area contributed by atoms with E-state index in [-0.39, 0.29) is 12.1 Å². The summed E-state index contributed by atoms with van der Waals surface area (Å²) in [6.45, 7) is 0.608. The number of benzene rings is 1. The first-order chi connectivity index (χ1) is 10.2. The van der Waals surface area contributed by atoms with Gasteiger partial charge in [0.1, 0.15) is 0 Å². The van der Waals surface area contributed by atoms with Crippen LogP contribution in [0, 0.1) is 0 Å². The highest BCUT2D eigenvalue weighted by Crippen LogP contribution is 2.29. The first kappa shape index (κ1) is 14.5. The summed E-state index contributed by atoms with van der Waals surface area (Å²) in [4.78, 5) is 0. The number of hydrogen-bond acceptors (Lipinski definition) is 5. The summed E-state index contributed by atoms with van der Waals surface area (Å²) in [7, 11) is 0. The molecule has 0 radical (unpaired) electrons. The van der Waals surface area contributed by atoms with Gasteiger partial charge in [0.15, 0.2) is 0 Å². The van der Waals surface area contributed by atoms with Crippen molar-refractivity contribution in [2.75, 3.05) is 6.61 Å². The molecule has 21 heavy (non-hydrogen) atoms. The molecule has 112 valence electrons. The number of halogens is 1. The van der Waals surface area contributed by atoms with Gasteiger partial charge in [-0.1, -0.05) is 30.5 Å². The van der Waals surface area contributed by atoms with Crippen LogP contribution in [0.5, 0.6) is 0 Å². The zero-order valence-corrected chi connectivity index (χ0v) is 12.4. The molecule has 1 fully saturated rings. The van der Waals surface area contributed by atoms with Crippen LogP contribution in [0.3, 0.4) is 0 Å². The van der Waals surface area contributed by atoms with E-state index >= 15 is 0 Å². The van der Waals surface area contributed by atoms with Crippen LogP contribution < -0.4 is 5.32 Å². The Balaban J connectivity index is 1.68. The molecule has 0 amide bonds. The van der Waals surface area contributed by atoms with E-state index in [1.807, 2.05) is 12.1 Å². The smallest absolute Gasteiger partial charge is 0.247 e. The quantitative estimate of drug-likeness (QED) is 0.889. The van der Waals surface area contributed by atoms with Gasteiger partial charge in [-0.25, -0.2) is 0 Å². The molecule has 0 saturated heterocycles. The molecule has 1 aromatic carbocycles. The first-order valence-electron chi connectivity index (χ1n) is 7.15. The fourth-order valence-corrected chi connectivity index (χ4v) is 2.96. The van der Waals surface area contributed by atoms with Crippen LogP contribution in [-0.4, -0.2) is 27.4 Å². The lowest BCUT2D eigenvalue weighted by Crippen LogP contribution is -2.45. The van der Waals surface area contributed by atoms with Crippen molar-refractivity contribution in [1.82, 2.24) is 15.5 Å². The van der Waals surface area contributed by atoms with E-state index < -0.39 is 0 Å². The van der Waals surface area contributed by atoms with Gasteiger partial charge < -0.3 is 14.8 Å². The Morgan fingerprint density at radius 3 is 2.81 bits per heavy atom. The lowest BCUT2D eigenvalue weighted by atomic mass is 9.99. The summed E-state index contributed by atoms with van der Waals surface area (Å²) in [5, 5.41) is 21.7. The maximum atomic E-state index is 9.56. The fourth-order valence-electron chi connectivity index (χ4n) is 2.77. The van der Waals surface area contributed by atoms with Gasteiger partial charge in [0.05, 0.1) is 13.2 Å². The third-order valence-electron chi connectivity index (χ3n) is 4.02. The average molecular weight is 308 g/mol. The Kier molecular flexibility index (Phi) is 4.24. The zero-order chi connectivity index (χ0) is 14.7. The van der Waals surface area contributed by atoms with Crippen molar-refractivity contribution >= 4 is 11.6 Å². The Morgan fingerprint density at radius 1 is 1.29 bits per heavy atom. The maximum absolute atomic E-state index is 9.56. The first-order valence-corrected chi connectivity index (χ1v) is 7.53. The van der Waals surface area contributed by atoms with Crippen LogP contribution in [0.15, 0.2) is 28.7 Å². The summed E-state index contributed by atoms with van der Waals surface area (Å²) in [5.41, 5.74) is 0.615. The molecule has 2 N–H and O–H groups in total. The van der Waals surface area contributed by atoms with E-state index in [1.165, 1.54) is 0 Å². The second-order valence-corrected chi connectivity index (χ2v) is 5.95. The normalized spacial score (nSPS) is 17.2. The molecule has 0 spiro atoms. The third-order valence-corrected chi connectivity index (χ3v) is 4.25. The molecule has 0 atom stereocenters. The van der Waals surface area contributed by atoms with Crippen LogP contribution in [-0.2, 0) is 6.54 Å². The molecule has 0 aliphatic heterocycles. The number of hydrogen-bond donors (Lipinski definition) is 2. The van der Waals surface area contributed by atoms with Gasteiger partial charge in [0.25, 0.3) is 0 Å². The Bertz CT molecular complexity index is 608. The highest BCUT2D eigenvalue weighted by molar-refractivity contribution is 6.30. The molecule has 3 rings (SSSR count). The predicted molar refractivity (Wildman–Crippen MR) is 79.9 cm³/mol. The highest BCUT2D eigenvalue weighted by atomic mass is 35.5. The molecular formula is C15H18ClN3O2. The van der Waals surface area contributed by atoms with Crippen LogP contribution in [0.1, 0.15) is 31.6 Å². The molecule has 0 unspecified atom stereocenters. The molecular weight excluding hydrogens is 290 g/mol. The van der Waals surface area contributed by atoms with Gasteiger partial charge in [0, 0.05) is 16.1 Å². The summed E-state index contributed by atoms with van der Waals surface area (Å²) in [5.74, 6) is 0.975. The van der Waals surface area contributed by atoms with Gasteiger partial charge in [-0.3, -0.25) is 0 Å². The van der Waals surface area contributed by atoms with Crippen LogP contribution in [0.4, 0.5) is 0 Å². The Hall–Kier alpha value is -1.43. The Morgan fingerprint density at radius 2 is 2.10 bits per heavy atom. The molecule has 1 saturated carbocycles. The lowest BCUT2D eigenvalue weighted by molar-refractivity contribution is 0.159. The minimum Gasteiger partial charge on any atom is -0.419 e. The van der Waals surface area contributed by atoms with Gasteiger partial charge in [0.2, 0.25) is 11.8 Å².